The van der Waals surface area contributed by atoms with Crippen LogP contribution in [0.5, 0.6) is 17.2 Å². The average Bonchev–Trinajstić information content (AvgIpc) is 0.726. The first kappa shape index (κ1) is 102. The number of phenols is 3. The van der Waals surface area contributed by atoms with Crippen molar-refractivity contribution < 1.29 is 60.4 Å². The minimum absolute atomic E-state index is 0.0229. The van der Waals surface area contributed by atoms with E-state index in [1.54, 1.807) is 95.9 Å². The first-order valence-corrected chi connectivity index (χ1v) is 45.4. The predicted octanol–water partition coefficient (Wildman–Crippen LogP) is 20.2. The first-order valence-electron chi connectivity index (χ1n) is 42.4. The van der Waals surface area contributed by atoms with Crippen molar-refractivity contribution >= 4 is 161 Å². The van der Waals surface area contributed by atoms with Crippen molar-refractivity contribution in [2.24, 2.45) is 0 Å². The zero-order valence-electron chi connectivity index (χ0n) is 75.4. The molecule has 3 aliphatic heterocycles. The molecule has 3 aromatic carbocycles. The Bertz CT molecular complexity index is 6790. The summed E-state index contributed by atoms with van der Waals surface area (Å²) in [7, 11) is 0. The Hall–Kier alpha value is -13.1. The number of piperazine rings is 3. The van der Waals surface area contributed by atoms with E-state index in [-0.39, 0.29) is 200 Å². The van der Waals surface area contributed by atoms with Crippen LogP contribution in [0, 0.1) is 95.5 Å². The molecule has 0 unspecified atom stereocenters. The standard InChI is InChI=1S/C32H27Cl4FN6O3.2C32H27Cl2F3N6O3/c1-6-20(44)42-10-9-41(13-16(42)5)29-17-11-19(33)27(21-22(34)30(45)24(36)23(35)25(21)37)40-31(17)43(32(46)18(29)12-38)28-15(4)7-8-39-26(28)14(2)3;2*1-6-20(44)42-10-9-41(13-16(42)5)29-17-11-19(33)27(21-23(35)25(37)22(34)30(45)24(21)36)40-31(17)43(32(46)18(29)12-38)28-15(4)7-8-39-26(28)14(2)3/h3*6-8,11,14,16,45H,1,9-10,13H2,2-5H3/t3*16-/m111/s1. The monoisotopic (exact) mass is 2040 g/mol. The van der Waals surface area contributed by atoms with E-state index >= 15 is 22.0 Å². The van der Waals surface area contributed by atoms with Gasteiger partial charge in [0.15, 0.2) is 58.0 Å². The number of hydrogen-bond donors (Lipinski definition) is 3. The highest BCUT2D eigenvalue weighted by atomic mass is 35.5. The molecule has 3 amide bonds. The summed E-state index contributed by atoms with van der Waals surface area (Å²) in [5.74, 6) is -16.0. The number of aromatic hydroxyl groups is 3. The minimum Gasteiger partial charge on any atom is -0.505 e. The summed E-state index contributed by atoms with van der Waals surface area (Å²) in [4.78, 5) is 118. The fraction of sp³-hybridized carbons (Fsp3) is 0.281. The van der Waals surface area contributed by atoms with Crippen LogP contribution < -0.4 is 31.4 Å². The number of rotatable bonds is 15. The van der Waals surface area contributed by atoms with Gasteiger partial charge in [0, 0.05) is 112 Å². The largest absolute Gasteiger partial charge is 0.505 e. The van der Waals surface area contributed by atoms with Gasteiger partial charge in [0.1, 0.15) is 66.9 Å². The van der Waals surface area contributed by atoms with Gasteiger partial charge in [-0.25, -0.2) is 45.7 Å². The van der Waals surface area contributed by atoms with Crippen LogP contribution in [0.15, 0.2) is 107 Å². The molecule has 12 heterocycles. The maximum atomic E-state index is 15.7. The lowest BCUT2D eigenvalue weighted by molar-refractivity contribution is -0.129. The molecule has 0 radical (unpaired) electrons. The van der Waals surface area contributed by atoms with Crippen LogP contribution in [0.1, 0.15) is 131 Å². The molecular weight excluding hydrogens is 1970 g/mol. The number of hydrogen-bond acceptors (Lipinski definition) is 21. The minimum atomic E-state index is -1.76. The molecule has 3 atom stereocenters. The summed E-state index contributed by atoms with van der Waals surface area (Å²) in [6.45, 7) is 34.7. The van der Waals surface area contributed by atoms with Gasteiger partial charge in [0.2, 0.25) is 17.7 Å². The second-order valence-corrected chi connectivity index (χ2v) is 36.7. The molecule has 27 nitrogen and oxygen atoms in total. The van der Waals surface area contributed by atoms with Crippen LogP contribution in [-0.4, -0.2) is 168 Å². The van der Waals surface area contributed by atoms with E-state index in [0.717, 1.165) is 9.13 Å². The van der Waals surface area contributed by atoms with E-state index < -0.39 is 128 Å². The third-order valence-electron chi connectivity index (χ3n) is 24.0. The van der Waals surface area contributed by atoms with Gasteiger partial charge < -0.3 is 44.7 Å². The number of carbonyl (C=O) groups excluding carboxylic acids is 3. The zero-order valence-corrected chi connectivity index (χ0v) is 81.4. The number of halogens is 15. The number of benzene rings is 3. The van der Waals surface area contributed by atoms with Gasteiger partial charge in [-0.1, -0.05) is 154 Å². The van der Waals surface area contributed by atoms with Gasteiger partial charge in [-0.3, -0.25) is 57.4 Å². The van der Waals surface area contributed by atoms with Crippen molar-refractivity contribution in [3.8, 4) is 86.3 Å². The number of carbonyl (C=O) groups is 3. The molecule has 9 aromatic heterocycles. The number of aryl methyl sites for hydroxylation is 3. The molecule has 42 heteroatoms. The summed E-state index contributed by atoms with van der Waals surface area (Å²) < 4.78 is 110. The van der Waals surface area contributed by atoms with Crippen LogP contribution in [-0.2, 0) is 14.4 Å². The van der Waals surface area contributed by atoms with Crippen LogP contribution in [0.4, 0.5) is 47.8 Å². The summed E-state index contributed by atoms with van der Waals surface area (Å²) in [5.41, 5.74) is -2.56. The van der Waals surface area contributed by atoms with E-state index in [9.17, 15) is 68.7 Å². The Labute approximate surface area is 823 Å². The van der Waals surface area contributed by atoms with E-state index in [0.29, 0.717) is 51.4 Å². The van der Waals surface area contributed by atoms with Crippen molar-refractivity contribution in [1.82, 2.24) is 58.3 Å². The van der Waals surface area contributed by atoms with E-state index in [1.165, 1.54) is 41.0 Å². The molecule has 3 fully saturated rings. The average molecular weight is 2050 g/mol. The molecule has 3 aliphatic rings. The Morgan fingerprint density at radius 1 is 0.399 bits per heavy atom. The molecule has 138 heavy (non-hydrogen) atoms. The quantitative estimate of drug-likeness (QED) is 0.0371. The highest BCUT2D eigenvalue weighted by molar-refractivity contribution is 6.46. The Balaban J connectivity index is 0.000000175. The number of nitrogens with zero attached hydrogens (tertiary/aromatic N) is 18. The summed E-state index contributed by atoms with van der Waals surface area (Å²) in [5, 5.41) is 57.9. The lowest BCUT2D eigenvalue weighted by atomic mass is 10.0. The summed E-state index contributed by atoms with van der Waals surface area (Å²) >= 11 is 49.6. The number of phenolic OH excluding ortho intramolecular Hbond substituents is 3. The molecule has 15 rings (SSSR count). The maximum Gasteiger partial charge on any atom is 0.276 e. The number of anilines is 3. The SMILES string of the molecule is C=CC(=O)N1CCN(c2c(C#N)c(=O)n(-c3c(C)ccnc3C(C)C)c3nc(-c4c(F)c(Cl)c(Cl)c(O)c4Cl)c(Cl)cc23)C[C@H]1C.C=CC(=O)N1CCN(c2c(C#N)c(=O)n(-c3c(C)ccnc3C(C)C)c3nc(-c4c(F)c(O)c(Cl)c(F)c4F)c(Cl)cc23)C[C@H]1C.C=CC(=O)N1CCN(c2c(C#N)c(=O)n(-c3c(C)ccnc3C(C)C)c3nc(-c4c(F)c(O)c(Cl)c(F)c4F)c(Cl)cc23)C[C@H]1C. The zero-order chi connectivity index (χ0) is 101. The first-order chi connectivity index (χ1) is 65.2. The smallest absolute Gasteiger partial charge is 0.276 e. The molecule has 3 saturated heterocycles. The van der Waals surface area contributed by atoms with Gasteiger partial charge in [0.05, 0.1) is 110 Å². The van der Waals surface area contributed by atoms with Crippen LogP contribution in [0.3, 0.4) is 0 Å². The highest BCUT2D eigenvalue weighted by Crippen LogP contribution is 2.51. The number of fused-ring (bicyclic) bond motifs is 3. The van der Waals surface area contributed by atoms with Crippen LogP contribution in [0.2, 0.25) is 40.2 Å². The van der Waals surface area contributed by atoms with Gasteiger partial charge >= 0.3 is 0 Å². The van der Waals surface area contributed by atoms with E-state index in [2.05, 4.69) is 50.7 Å². The van der Waals surface area contributed by atoms with Crippen molar-refractivity contribution in [2.45, 2.75) is 119 Å². The molecule has 0 bridgehead atoms. The van der Waals surface area contributed by atoms with E-state index in [1.807, 2.05) is 65.5 Å². The predicted molar refractivity (Wildman–Crippen MR) is 518 cm³/mol. The van der Waals surface area contributed by atoms with Gasteiger partial charge in [0.25, 0.3) is 16.7 Å². The molecule has 0 spiro atoms. The van der Waals surface area contributed by atoms with Crippen molar-refractivity contribution in [3.63, 3.8) is 0 Å². The molecule has 0 aliphatic carbocycles. The Kier molecular flexibility index (Phi) is 30.1. The van der Waals surface area contributed by atoms with Gasteiger partial charge in [-0.15, -0.1) is 0 Å². The third-order valence-corrected chi connectivity index (χ3v) is 26.7. The molecule has 0 saturated carbocycles. The molecule has 3 N–H and O–H groups in total. The fourth-order valence-electron chi connectivity index (χ4n) is 17.4. The third kappa shape index (κ3) is 17.9. The number of pyridine rings is 9. The second kappa shape index (κ2) is 40.5. The normalized spacial score (nSPS) is 15.0. The van der Waals surface area contributed by atoms with Gasteiger partial charge in [-0.05, 0) is 131 Å². The van der Waals surface area contributed by atoms with E-state index in [4.69, 9.17) is 97.8 Å². The molecule has 12 aromatic rings. The molecule has 714 valence electrons. The number of nitriles is 3. The number of amides is 3. The highest BCUT2D eigenvalue weighted by Gasteiger charge is 2.40. The lowest BCUT2D eigenvalue weighted by Crippen LogP contribution is -2.54. The Morgan fingerprint density at radius 2 is 0.674 bits per heavy atom. The van der Waals surface area contributed by atoms with Crippen molar-refractivity contribution in [2.75, 3.05) is 73.6 Å². The van der Waals surface area contributed by atoms with Crippen molar-refractivity contribution in [3.05, 3.63) is 255 Å². The Morgan fingerprint density at radius 3 is 0.928 bits per heavy atom. The number of aromatic nitrogens is 9. The summed E-state index contributed by atoms with van der Waals surface area (Å²) in [6.07, 6.45) is 8.38. The topological polar surface area (TPSA) is 346 Å². The molecular formula is C96H81Cl8F7N18O9. The second-order valence-electron chi connectivity index (χ2n) is 33.6. The van der Waals surface area contributed by atoms with Gasteiger partial charge in [-0.2, -0.15) is 15.8 Å². The fourth-order valence-corrected chi connectivity index (χ4v) is 19.1. The van der Waals surface area contributed by atoms with Crippen LogP contribution >= 0.6 is 92.8 Å². The van der Waals surface area contributed by atoms with Crippen molar-refractivity contribution in [1.29, 1.82) is 15.8 Å². The lowest BCUT2D eigenvalue weighted by Gasteiger charge is -2.41. The maximum absolute atomic E-state index is 15.7. The summed E-state index contributed by atoms with van der Waals surface area (Å²) in [6, 6.07) is 14.2. The van der Waals surface area contributed by atoms with Crippen LogP contribution in [0.25, 0.3) is 83.9 Å².